The van der Waals surface area contributed by atoms with Gasteiger partial charge in [0.2, 0.25) is 0 Å². The monoisotopic (exact) mass is 344 g/mol. The molecule has 0 fully saturated rings. The number of ether oxygens (including phenoxy) is 1. The highest BCUT2D eigenvalue weighted by Gasteiger charge is 1.89. The lowest BCUT2D eigenvalue weighted by atomic mass is 10.1. The van der Waals surface area contributed by atoms with E-state index in [-0.39, 0.29) is 0 Å². The summed E-state index contributed by atoms with van der Waals surface area (Å²) in [4.78, 5) is 0. The lowest BCUT2D eigenvalue weighted by molar-refractivity contribution is 0.286. The van der Waals surface area contributed by atoms with Crippen LogP contribution in [0.4, 0.5) is 0 Å². The SMILES string of the molecule is CCCCCCCCCC/C=C/C=C/C=C/C=C/C=C/C(=C/O)OC. The first-order chi connectivity index (χ1) is 12.3. The van der Waals surface area contributed by atoms with Crippen molar-refractivity contribution in [2.75, 3.05) is 7.11 Å². The van der Waals surface area contributed by atoms with E-state index < -0.39 is 0 Å². The molecule has 0 rings (SSSR count). The molecule has 0 saturated carbocycles. The van der Waals surface area contributed by atoms with Crippen molar-refractivity contribution in [1.29, 1.82) is 0 Å². The molecule has 2 nitrogen and oxygen atoms in total. The summed E-state index contributed by atoms with van der Waals surface area (Å²) >= 11 is 0. The van der Waals surface area contributed by atoms with Crippen molar-refractivity contribution in [3.05, 3.63) is 72.8 Å². The number of unbranched alkanes of at least 4 members (excludes halogenated alkanes) is 8. The molecule has 0 bridgehead atoms. The molecule has 0 aliphatic heterocycles. The topological polar surface area (TPSA) is 29.5 Å². The van der Waals surface area contributed by atoms with Crippen molar-refractivity contribution in [3.8, 4) is 0 Å². The lowest BCUT2D eigenvalue weighted by Crippen LogP contribution is -1.79. The summed E-state index contributed by atoms with van der Waals surface area (Å²) in [6, 6.07) is 0. The Balaban J connectivity index is 3.59. The second kappa shape index (κ2) is 20.1. The molecular weight excluding hydrogens is 308 g/mol. The average Bonchev–Trinajstić information content (AvgIpc) is 2.64. The van der Waals surface area contributed by atoms with Gasteiger partial charge in [-0.25, -0.2) is 0 Å². The molecule has 2 heteroatoms. The number of rotatable bonds is 15. The van der Waals surface area contributed by atoms with Crippen molar-refractivity contribution >= 4 is 0 Å². The minimum atomic E-state index is 0.426. The van der Waals surface area contributed by atoms with E-state index in [0.29, 0.717) is 5.76 Å². The van der Waals surface area contributed by atoms with Gasteiger partial charge in [0.05, 0.1) is 7.11 Å². The third kappa shape index (κ3) is 18.2. The summed E-state index contributed by atoms with van der Waals surface area (Å²) < 4.78 is 4.89. The van der Waals surface area contributed by atoms with Crippen LogP contribution >= 0.6 is 0 Å². The molecule has 0 atom stereocenters. The Morgan fingerprint density at radius 2 is 1.24 bits per heavy atom. The maximum Gasteiger partial charge on any atom is 0.152 e. The summed E-state index contributed by atoms with van der Waals surface area (Å²) in [5, 5.41) is 8.78. The first-order valence-electron chi connectivity index (χ1n) is 9.56. The highest BCUT2D eigenvalue weighted by molar-refractivity contribution is 5.20. The molecule has 25 heavy (non-hydrogen) atoms. The number of aliphatic hydroxyl groups excluding tert-OH is 1. The van der Waals surface area contributed by atoms with Crippen LogP contribution in [0.15, 0.2) is 72.8 Å². The van der Waals surface area contributed by atoms with Gasteiger partial charge in [0, 0.05) is 0 Å². The molecule has 0 radical (unpaired) electrons. The minimum Gasteiger partial charge on any atom is -0.512 e. The van der Waals surface area contributed by atoms with E-state index in [0.717, 1.165) is 6.26 Å². The molecule has 0 heterocycles. The third-order valence-electron chi connectivity index (χ3n) is 3.76. The zero-order valence-electron chi connectivity index (χ0n) is 16.1. The Morgan fingerprint density at radius 1 is 0.720 bits per heavy atom. The van der Waals surface area contributed by atoms with Crippen molar-refractivity contribution < 1.29 is 9.84 Å². The number of hydrogen-bond acceptors (Lipinski definition) is 2. The lowest BCUT2D eigenvalue weighted by Gasteiger charge is -1.99. The van der Waals surface area contributed by atoms with Crippen molar-refractivity contribution in [2.45, 2.75) is 64.7 Å². The van der Waals surface area contributed by atoms with Gasteiger partial charge in [0.1, 0.15) is 6.26 Å². The zero-order chi connectivity index (χ0) is 18.4. The Morgan fingerprint density at radius 3 is 1.80 bits per heavy atom. The zero-order valence-corrected chi connectivity index (χ0v) is 16.1. The predicted molar refractivity (Wildman–Crippen MR) is 111 cm³/mol. The van der Waals surface area contributed by atoms with Crippen LogP contribution in [0.5, 0.6) is 0 Å². The number of methoxy groups -OCH3 is 1. The van der Waals surface area contributed by atoms with Crippen LogP contribution < -0.4 is 0 Å². The smallest absolute Gasteiger partial charge is 0.152 e. The van der Waals surface area contributed by atoms with Gasteiger partial charge in [-0.3, -0.25) is 0 Å². The molecule has 1 N–H and O–H groups in total. The van der Waals surface area contributed by atoms with E-state index in [1.165, 1.54) is 64.9 Å². The van der Waals surface area contributed by atoms with Crippen LogP contribution in [-0.2, 0) is 4.74 Å². The first kappa shape index (κ1) is 23.0. The number of allylic oxidation sites excluding steroid dienone is 10. The van der Waals surface area contributed by atoms with Gasteiger partial charge in [-0.05, 0) is 18.9 Å². The van der Waals surface area contributed by atoms with Crippen LogP contribution in [0.3, 0.4) is 0 Å². The van der Waals surface area contributed by atoms with Gasteiger partial charge in [0.15, 0.2) is 5.76 Å². The predicted octanol–water partition coefficient (Wildman–Crippen LogP) is 7.34. The van der Waals surface area contributed by atoms with E-state index in [1.807, 2.05) is 36.5 Å². The maximum absolute atomic E-state index is 8.78. The van der Waals surface area contributed by atoms with E-state index in [1.54, 1.807) is 6.08 Å². The normalized spacial score (nSPS) is 13.4. The average molecular weight is 345 g/mol. The van der Waals surface area contributed by atoms with E-state index in [2.05, 4.69) is 25.2 Å². The molecule has 0 amide bonds. The Kier molecular flexibility index (Phi) is 18.5. The molecular formula is C23H36O2. The van der Waals surface area contributed by atoms with Gasteiger partial charge in [-0.1, -0.05) is 107 Å². The van der Waals surface area contributed by atoms with Crippen LogP contribution in [0, 0.1) is 0 Å². The molecule has 0 spiro atoms. The molecule has 0 aromatic carbocycles. The van der Waals surface area contributed by atoms with Gasteiger partial charge in [-0.15, -0.1) is 0 Å². The van der Waals surface area contributed by atoms with Crippen LogP contribution in [0.1, 0.15) is 64.7 Å². The highest BCUT2D eigenvalue weighted by atomic mass is 16.5. The largest absolute Gasteiger partial charge is 0.512 e. The fourth-order valence-corrected chi connectivity index (χ4v) is 2.27. The molecule has 0 saturated heterocycles. The standard InChI is InChI=1S/C23H36O2/c1-3-4-5-6-7-8-9-10-11-12-13-14-15-16-17-18-19-20-21-23(22-24)25-2/h12-22,24H,3-11H2,1-2H3/b13-12+,15-14+,17-16+,19-18+,21-20+,23-22-. The van der Waals surface area contributed by atoms with Gasteiger partial charge >= 0.3 is 0 Å². The Labute approximate surface area is 155 Å². The van der Waals surface area contributed by atoms with Crippen molar-refractivity contribution in [3.63, 3.8) is 0 Å². The Bertz CT molecular complexity index is 451. The summed E-state index contributed by atoms with van der Waals surface area (Å²) in [6.45, 7) is 2.26. The summed E-state index contributed by atoms with van der Waals surface area (Å²) in [5.41, 5.74) is 0. The van der Waals surface area contributed by atoms with Crippen LogP contribution in [-0.4, -0.2) is 12.2 Å². The summed E-state index contributed by atoms with van der Waals surface area (Å²) in [6.07, 6.45) is 32.8. The maximum atomic E-state index is 8.78. The van der Waals surface area contributed by atoms with Gasteiger partial charge in [0.25, 0.3) is 0 Å². The van der Waals surface area contributed by atoms with E-state index in [9.17, 15) is 0 Å². The molecule has 0 aliphatic rings. The van der Waals surface area contributed by atoms with E-state index >= 15 is 0 Å². The number of aliphatic hydroxyl groups is 1. The van der Waals surface area contributed by atoms with Gasteiger partial charge in [-0.2, -0.15) is 0 Å². The summed E-state index contributed by atoms with van der Waals surface area (Å²) in [7, 11) is 1.52. The van der Waals surface area contributed by atoms with Crippen LogP contribution in [0.2, 0.25) is 0 Å². The van der Waals surface area contributed by atoms with Gasteiger partial charge < -0.3 is 9.84 Å². The fourth-order valence-electron chi connectivity index (χ4n) is 2.27. The Hall–Kier alpha value is -1.96. The van der Waals surface area contributed by atoms with Crippen LogP contribution in [0.25, 0.3) is 0 Å². The first-order valence-corrected chi connectivity index (χ1v) is 9.56. The minimum absolute atomic E-state index is 0.426. The quantitative estimate of drug-likeness (QED) is 0.191. The highest BCUT2D eigenvalue weighted by Crippen LogP contribution is 2.09. The second-order valence-corrected chi connectivity index (χ2v) is 5.94. The second-order valence-electron chi connectivity index (χ2n) is 5.94. The van der Waals surface area contributed by atoms with Crippen molar-refractivity contribution in [2.24, 2.45) is 0 Å². The molecule has 0 aromatic rings. The number of hydrogen-bond donors (Lipinski definition) is 1. The molecule has 0 aromatic heterocycles. The van der Waals surface area contributed by atoms with Crippen molar-refractivity contribution in [1.82, 2.24) is 0 Å². The molecule has 0 aliphatic carbocycles. The molecule has 0 unspecified atom stereocenters. The summed E-state index contributed by atoms with van der Waals surface area (Å²) in [5.74, 6) is 0.426. The third-order valence-corrected chi connectivity index (χ3v) is 3.76. The molecule has 140 valence electrons. The fraction of sp³-hybridized carbons (Fsp3) is 0.478. The van der Waals surface area contributed by atoms with E-state index in [4.69, 9.17) is 9.84 Å².